The van der Waals surface area contributed by atoms with Crippen molar-refractivity contribution in [1.82, 2.24) is 15.5 Å². The Hall–Kier alpha value is -2.24. The quantitative estimate of drug-likeness (QED) is 0.742. The molecule has 26 heavy (non-hydrogen) atoms. The van der Waals surface area contributed by atoms with Gasteiger partial charge in [-0.2, -0.15) is 0 Å². The van der Waals surface area contributed by atoms with E-state index in [0.29, 0.717) is 18.1 Å². The van der Waals surface area contributed by atoms with Crippen LogP contribution in [-0.4, -0.2) is 45.2 Å². The van der Waals surface area contributed by atoms with Crippen LogP contribution >= 0.6 is 11.6 Å². The first kappa shape index (κ1) is 20.1. The van der Waals surface area contributed by atoms with E-state index in [-0.39, 0.29) is 12.1 Å². The fourth-order valence-electron chi connectivity index (χ4n) is 2.69. The average Bonchev–Trinajstić information content (AvgIpc) is 2.62. The van der Waals surface area contributed by atoms with Crippen molar-refractivity contribution in [1.29, 1.82) is 0 Å². The van der Waals surface area contributed by atoms with Crippen LogP contribution in [0.1, 0.15) is 17.2 Å². The smallest absolute Gasteiger partial charge is 0.314 e. The molecule has 0 aliphatic heterocycles. The first-order chi connectivity index (χ1) is 12.5. The maximum atomic E-state index is 12.1. The van der Waals surface area contributed by atoms with Crippen molar-refractivity contribution >= 4 is 17.6 Å². The Kier molecular flexibility index (Phi) is 7.75. The van der Waals surface area contributed by atoms with Crippen LogP contribution in [-0.2, 0) is 6.42 Å². The third kappa shape index (κ3) is 6.24. The molecular formula is C20H26ClN3O2. The molecule has 0 fully saturated rings. The highest BCUT2D eigenvalue weighted by Crippen LogP contribution is 2.20. The summed E-state index contributed by atoms with van der Waals surface area (Å²) in [4.78, 5) is 14.1. The van der Waals surface area contributed by atoms with E-state index in [0.717, 1.165) is 23.3 Å². The molecule has 2 aromatic rings. The minimum atomic E-state index is -0.174. The number of ether oxygens (including phenoxy) is 1. The van der Waals surface area contributed by atoms with E-state index in [4.69, 9.17) is 16.3 Å². The van der Waals surface area contributed by atoms with E-state index < -0.39 is 0 Å². The summed E-state index contributed by atoms with van der Waals surface area (Å²) in [7, 11) is 5.63. The molecule has 2 N–H and O–H groups in total. The number of hydrogen-bond acceptors (Lipinski definition) is 3. The molecule has 0 radical (unpaired) electrons. The van der Waals surface area contributed by atoms with Crippen LogP contribution in [0.25, 0.3) is 0 Å². The van der Waals surface area contributed by atoms with Gasteiger partial charge < -0.3 is 20.3 Å². The molecule has 2 rings (SSSR count). The van der Waals surface area contributed by atoms with Gasteiger partial charge in [-0.05, 0) is 55.9 Å². The number of carbonyl (C=O) groups is 1. The Labute approximate surface area is 160 Å². The number of methoxy groups -OCH3 is 1. The van der Waals surface area contributed by atoms with Crippen molar-refractivity contribution < 1.29 is 9.53 Å². The second-order valence-electron chi connectivity index (χ2n) is 6.27. The lowest BCUT2D eigenvalue weighted by Gasteiger charge is -2.25. The molecule has 0 aliphatic rings. The monoisotopic (exact) mass is 375 g/mol. The molecule has 5 nitrogen and oxygen atoms in total. The first-order valence-corrected chi connectivity index (χ1v) is 8.94. The summed E-state index contributed by atoms with van der Waals surface area (Å²) in [6.45, 7) is 1.07. The van der Waals surface area contributed by atoms with Gasteiger partial charge in [-0.25, -0.2) is 4.79 Å². The highest BCUT2D eigenvalue weighted by atomic mass is 35.5. The van der Waals surface area contributed by atoms with Crippen molar-refractivity contribution in [2.75, 3.05) is 34.3 Å². The maximum Gasteiger partial charge on any atom is 0.314 e. The van der Waals surface area contributed by atoms with Gasteiger partial charge in [-0.15, -0.1) is 0 Å². The summed E-state index contributed by atoms with van der Waals surface area (Å²) in [5.74, 6) is 0.818. The van der Waals surface area contributed by atoms with Crippen LogP contribution < -0.4 is 15.4 Å². The fraction of sp³-hybridized carbons (Fsp3) is 0.350. The summed E-state index contributed by atoms with van der Waals surface area (Å²) in [6.07, 6.45) is 0.740. The third-order valence-electron chi connectivity index (χ3n) is 4.17. The van der Waals surface area contributed by atoms with E-state index in [1.807, 2.05) is 62.6 Å². The van der Waals surface area contributed by atoms with E-state index >= 15 is 0 Å². The molecule has 0 heterocycles. The van der Waals surface area contributed by atoms with Crippen molar-refractivity contribution in [2.45, 2.75) is 12.5 Å². The molecule has 140 valence electrons. The van der Waals surface area contributed by atoms with Crippen LogP contribution in [0, 0.1) is 0 Å². The average molecular weight is 376 g/mol. The number of rotatable bonds is 8. The Bertz CT molecular complexity index is 704. The zero-order valence-electron chi connectivity index (χ0n) is 15.5. The van der Waals surface area contributed by atoms with Gasteiger partial charge in [0.2, 0.25) is 0 Å². The molecule has 0 aliphatic carbocycles. The summed E-state index contributed by atoms with van der Waals surface area (Å²) in [5, 5.41) is 6.53. The first-order valence-electron chi connectivity index (χ1n) is 8.56. The topological polar surface area (TPSA) is 53.6 Å². The van der Waals surface area contributed by atoms with E-state index in [9.17, 15) is 4.79 Å². The van der Waals surface area contributed by atoms with Gasteiger partial charge in [0, 0.05) is 18.1 Å². The standard InChI is InChI=1S/C20H26ClN3O2/c1-24(2)19(16-7-9-18(26-3)10-8-16)14-23-20(25)22-12-11-15-5-4-6-17(21)13-15/h4-10,13,19H,11-12,14H2,1-3H3,(H2,22,23,25). The highest BCUT2D eigenvalue weighted by Gasteiger charge is 2.15. The van der Waals surface area contributed by atoms with Crippen molar-refractivity contribution in [3.8, 4) is 5.75 Å². The van der Waals surface area contributed by atoms with Crippen LogP contribution in [0.5, 0.6) is 5.75 Å². The molecule has 0 spiro atoms. The summed E-state index contributed by atoms with van der Waals surface area (Å²) in [5.41, 5.74) is 2.22. The largest absolute Gasteiger partial charge is 0.497 e. The Morgan fingerprint density at radius 2 is 1.88 bits per heavy atom. The normalized spacial score (nSPS) is 11.9. The molecule has 2 aromatic carbocycles. The Balaban J connectivity index is 1.81. The number of urea groups is 1. The SMILES string of the molecule is COc1ccc(C(CNC(=O)NCCc2cccc(Cl)c2)N(C)C)cc1. The van der Waals surface area contributed by atoms with Gasteiger partial charge in [0.1, 0.15) is 5.75 Å². The predicted octanol–water partition coefficient (Wildman–Crippen LogP) is 3.49. The Morgan fingerprint density at radius 3 is 2.50 bits per heavy atom. The second kappa shape index (κ2) is 10.0. The second-order valence-corrected chi connectivity index (χ2v) is 6.71. The molecular weight excluding hydrogens is 350 g/mol. The zero-order chi connectivity index (χ0) is 18.9. The molecule has 1 unspecified atom stereocenters. The van der Waals surface area contributed by atoms with Crippen molar-refractivity contribution in [2.24, 2.45) is 0 Å². The van der Waals surface area contributed by atoms with E-state index in [1.165, 1.54) is 0 Å². The number of halogens is 1. The molecule has 6 heteroatoms. The Morgan fingerprint density at radius 1 is 1.15 bits per heavy atom. The van der Waals surface area contributed by atoms with E-state index in [1.54, 1.807) is 7.11 Å². The lowest BCUT2D eigenvalue weighted by Crippen LogP contribution is -2.41. The molecule has 1 atom stereocenters. The number of benzene rings is 2. The number of nitrogens with one attached hydrogen (secondary N) is 2. The van der Waals surface area contributed by atoms with Gasteiger partial charge in [-0.3, -0.25) is 0 Å². The van der Waals surface area contributed by atoms with Gasteiger partial charge in [-0.1, -0.05) is 35.9 Å². The minimum absolute atomic E-state index is 0.0830. The molecule has 0 saturated carbocycles. The van der Waals surface area contributed by atoms with Gasteiger partial charge in [0.25, 0.3) is 0 Å². The zero-order valence-corrected chi connectivity index (χ0v) is 16.2. The predicted molar refractivity (Wildman–Crippen MR) is 106 cm³/mol. The van der Waals surface area contributed by atoms with E-state index in [2.05, 4.69) is 15.5 Å². The number of hydrogen-bond donors (Lipinski definition) is 2. The fourth-order valence-corrected chi connectivity index (χ4v) is 2.90. The lowest BCUT2D eigenvalue weighted by atomic mass is 10.1. The van der Waals surface area contributed by atoms with Crippen molar-refractivity contribution in [3.63, 3.8) is 0 Å². The number of carbonyl (C=O) groups excluding carboxylic acids is 1. The minimum Gasteiger partial charge on any atom is -0.497 e. The number of amides is 2. The third-order valence-corrected chi connectivity index (χ3v) is 4.40. The van der Waals surface area contributed by atoms with Crippen LogP contribution in [0.4, 0.5) is 4.79 Å². The number of likely N-dealkylation sites (N-methyl/N-ethyl adjacent to an activating group) is 1. The van der Waals surface area contributed by atoms with Gasteiger partial charge in [0.15, 0.2) is 0 Å². The van der Waals surface area contributed by atoms with Crippen LogP contribution in [0.2, 0.25) is 5.02 Å². The van der Waals surface area contributed by atoms with Crippen molar-refractivity contribution in [3.05, 3.63) is 64.7 Å². The van der Waals surface area contributed by atoms with Gasteiger partial charge >= 0.3 is 6.03 Å². The lowest BCUT2D eigenvalue weighted by molar-refractivity contribution is 0.233. The number of nitrogens with zero attached hydrogens (tertiary/aromatic N) is 1. The summed E-state index contributed by atoms with van der Waals surface area (Å²) in [6, 6.07) is 15.5. The van der Waals surface area contributed by atoms with Gasteiger partial charge in [0.05, 0.1) is 13.2 Å². The molecule has 0 bridgehead atoms. The maximum absolute atomic E-state index is 12.1. The van der Waals surface area contributed by atoms with Crippen LogP contribution in [0.3, 0.4) is 0 Å². The summed E-state index contributed by atoms with van der Waals surface area (Å²) < 4.78 is 5.19. The summed E-state index contributed by atoms with van der Waals surface area (Å²) >= 11 is 5.97. The molecule has 0 saturated heterocycles. The van der Waals surface area contributed by atoms with Crippen LogP contribution in [0.15, 0.2) is 48.5 Å². The molecule has 0 aromatic heterocycles. The molecule has 2 amide bonds. The highest BCUT2D eigenvalue weighted by molar-refractivity contribution is 6.30.